The van der Waals surface area contributed by atoms with E-state index < -0.39 is 9.84 Å². The molecular formula is C35H38N6O4S2. The maximum absolute atomic E-state index is 14.1. The number of nitrogens with zero attached hydrogens (tertiary/aromatic N) is 5. The van der Waals surface area contributed by atoms with Crippen molar-refractivity contribution < 1.29 is 17.6 Å². The molecule has 1 aliphatic carbocycles. The number of ether oxygens (including phenoxy) is 1. The molecule has 10 nitrogen and oxygen atoms in total. The van der Waals surface area contributed by atoms with Crippen molar-refractivity contribution in [2.24, 2.45) is 11.8 Å². The Labute approximate surface area is 278 Å². The van der Waals surface area contributed by atoms with Gasteiger partial charge in [0.05, 0.1) is 38.3 Å². The fraction of sp³-hybridized carbons (Fsp3) is 0.457. The molecule has 1 N–H and O–H groups in total. The van der Waals surface area contributed by atoms with E-state index in [1.54, 1.807) is 18.3 Å². The van der Waals surface area contributed by atoms with E-state index in [4.69, 9.17) is 19.1 Å². The van der Waals surface area contributed by atoms with Gasteiger partial charge in [0.1, 0.15) is 5.82 Å². The van der Waals surface area contributed by atoms with E-state index in [1.807, 2.05) is 24.5 Å². The molecule has 5 aromatic rings. The molecule has 12 heteroatoms. The van der Waals surface area contributed by atoms with Gasteiger partial charge in [-0.05, 0) is 79.5 Å². The van der Waals surface area contributed by atoms with E-state index in [0.717, 1.165) is 77.5 Å². The molecule has 0 saturated carbocycles. The first-order chi connectivity index (χ1) is 22.8. The van der Waals surface area contributed by atoms with Crippen LogP contribution in [0, 0.1) is 18.8 Å². The molecule has 0 spiro atoms. The number of sulfone groups is 1. The number of hydrogen-bond acceptors (Lipinski definition) is 11. The number of hydrogen-bond donors (Lipinski definition) is 1. The lowest BCUT2D eigenvalue weighted by atomic mass is 9.89. The number of nitrogens with one attached hydrogen (secondary N) is 1. The van der Waals surface area contributed by atoms with Gasteiger partial charge in [0, 0.05) is 54.6 Å². The highest BCUT2D eigenvalue weighted by molar-refractivity contribution is 7.92. The summed E-state index contributed by atoms with van der Waals surface area (Å²) < 4.78 is 41.0. The quantitative estimate of drug-likeness (QED) is 0.182. The molecule has 7 heterocycles. The van der Waals surface area contributed by atoms with Crippen molar-refractivity contribution in [1.29, 1.82) is 0 Å². The summed E-state index contributed by atoms with van der Waals surface area (Å²) >= 11 is 1.55. The molecule has 2 aliphatic heterocycles. The lowest BCUT2D eigenvalue weighted by Crippen LogP contribution is -2.17. The fourth-order valence-electron chi connectivity index (χ4n) is 7.45. The van der Waals surface area contributed by atoms with Gasteiger partial charge in [0.15, 0.2) is 9.84 Å². The SMILES string of the molecule is Cc1nnc(-c2c(CCC3CCOCC3)nc3c(c2-c2cc4ccnc(N[C@H]5CCc6ncccc65)c4s2)S(=O)(=O)C[C@@H]3C(C)C)o1. The van der Waals surface area contributed by atoms with Crippen LogP contribution in [0.3, 0.4) is 0 Å². The minimum atomic E-state index is -3.65. The van der Waals surface area contributed by atoms with Crippen molar-refractivity contribution in [2.75, 3.05) is 24.3 Å². The Balaban J connectivity index is 1.31. The van der Waals surface area contributed by atoms with Gasteiger partial charge in [0.25, 0.3) is 0 Å². The van der Waals surface area contributed by atoms with Gasteiger partial charge in [-0.2, -0.15) is 0 Å². The number of aryl methyl sites for hydroxylation is 3. The lowest BCUT2D eigenvalue weighted by molar-refractivity contribution is 0.0639. The number of aromatic nitrogens is 5. The highest BCUT2D eigenvalue weighted by Gasteiger charge is 2.43. The van der Waals surface area contributed by atoms with Crippen molar-refractivity contribution in [2.45, 2.75) is 76.2 Å². The van der Waals surface area contributed by atoms with E-state index in [9.17, 15) is 8.42 Å². The summed E-state index contributed by atoms with van der Waals surface area (Å²) in [4.78, 5) is 15.7. The lowest BCUT2D eigenvalue weighted by Gasteiger charge is -2.23. The normalized spacial score (nSPS) is 20.6. The molecule has 1 saturated heterocycles. The Morgan fingerprint density at radius 3 is 2.70 bits per heavy atom. The second-order valence-corrected chi connectivity index (χ2v) is 16.4. The Morgan fingerprint density at radius 2 is 1.91 bits per heavy atom. The summed E-state index contributed by atoms with van der Waals surface area (Å²) in [6.45, 7) is 7.45. The maximum Gasteiger partial charge on any atom is 0.250 e. The van der Waals surface area contributed by atoms with E-state index in [-0.39, 0.29) is 23.6 Å². The van der Waals surface area contributed by atoms with Crippen LogP contribution in [-0.4, -0.2) is 52.5 Å². The highest BCUT2D eigenvalue weighted by Crippen LogP contribution is 2.51. The average Bonchev–Trinajstić information content (AvgIpc) is 3.85. The Hall–Kier alpha value is -3.74. The maximum atomic E-state index is 14.1. The molecular weight excluding hydrogens is 633 g/mol. The third-order valence-electron chi connectivity index (χ3n) is 9.95. The van der Waals surface area contributed by atoms with Gasteiger partial charge in [-0.3, -0.25) is 9.97 Å². The summed E-state index contributed by atoms with van der Waals surface area (Å²) in [6, 6.07) is 8.28. The summed E-state index contributed by atoms with van der Waals surface area (Å²) in [6.07, 6.45) is 9.14. The minimum Gasteiger partial charge on any atom is -0.421 e. The molecule has 0 radical (unpaired) electrons. The first-order valence-electron chi connectivity index (χ1n) is 16.5. The van der Waals surface area contributed by atoms with Gasteiger partial charge in [-0.25, -0.2) is 13.4 Å². The zero-order valence-corrected chi connectivity index (χ0v) is 28.5. The standard InChI is InChI=1S/C35H38N6O4S2/c1-19(2)24-18-47(42,43)33-30(29(35-41-40-20(3)45-35)27(38-31(24)33)7-6-21-11-15-44-16-12-21)28-17-22-10-14-37-34(32(22)46-28)39-26-9-8-25-23(26)5-4-13-36-25/h4-5,10,13-14,17,19,21,24,26H,6-9,11-12,15-16,18H2,1-3H3,(H,37,39)/t24-,26+/m1/s1. The summed E-state index contributed by atoms with van der Waals surface area (Å²) in [5.41, 5.74) is 5.07. The number of fused-ring (bicyclic) bond motifs is 3. The predicted molar refractivity (Wildman–Crippen MR) is 181 cm³/mol. The van der Waals surface area contributed by atoms with Crippen LogP contribution in [0.5, 0.6) is 0 Å². The van der Waals surface area contributed by atoms with Crippen LogP contribution >= 0.6 is 11.3 Å². The van der Waals surface area contributed by atoms with Crippen molar-refractivity contribution >= 4 is 37.1 Å². The van der Waals surface area contributed by atoms with Gasteiger partial charge in [-0.15, -0.1) is 21.5 Å². The zero-order valence-electron chi connectivity index (χ0n) is 26.8. The van der Waals surface area contributed by atoms with Crippen LogP contribution in [0.15, 0.2) is 46.0 Å². The number of pyridine rings is 3. The van der Waals surface area contributed by atoms with E-state index >= 15 is 0 Å². The Bertz CT molecular complexity index is 2080. The van der Waals surface area contributed by atoms with Gasteiger partial charge in [-0.1, -0.05) is 19.9 Å². The molecule has 5 aromatic heterocycles. The Morgan fingerprint density at radius 1 is 1.06 bits per heavy atom. The van der Waals surface area contributed by atoms with E-state index in [0.29, 0.717) is 45.8 Å². The first kappa shape index (κ1) is 30.6. The predicted octanol–water partition coefficient (Wildman–Crippen LogP) is 7.10. The smallest absolute Gasteiger partial charge is 0.250 e. The van der Waals surface area contributed by atoms with Crippen LogP contribution in [0.4, 0.5) is 5.82 Å². The van der Waals surface area contributed by atoms with E-state index in [1.165, 1.54) is 5.56 Å². The van der Waals surface area contributed by atoms with Crippen LogP contribution in [0.25, 0.3) is 32.0 Å². The summed E-state index contributed by atoms with van der Waals surface area (Å²) in [7, 11) is -3.65. The largest absolute Gasteiger partial charge is 0.421 e. The van der Waals surface area contributed by atoms with Gasteiger partial charge < -0.3 is 14.5 Å². The zero-order chi connectivity index (χ0) is 32.3. The first-order valence-corrected chi connectivity index (χ1v) is 19.0. The molecule has 47 heavy (non-hydrogen) atoms. The third-order valence-corrected chi connectivity index (χ3v) is 13.0. The van der Waals surface area contributed by atoms with Crippen LogP contribution in [0.1, 0.15) is 80.0 Å². The molecule has 2 atom stereocenters. The van der Waals surface area contributed by atoms with Crippen molar-refractivity contribution in [1.82, 2.24) is 25.1 Å². The molecule has 0 unspecified atom stereocenters. The molecule has 244 valence electrons. The topological polar surface area (TPSA) is 133 Å². The second-order valence-electron chi connectivity index (χ2n) is 13.3. The Kier molecular flexibility index (Phi) is 7.84. The monoisotopic (exact) mass is 670 g/mol. The van der Waals surface area contributed by atoms with Gasteiger partial charge in [0.2, 0.25) is 11.8 Å². The molecule has 8 rings (SSSR count). The second kappa shape index (κ2) is 12.1. The van der Waals surface area contributed by atoms with Crippen LogP contribution in [-0.2, 0) is 27.4 Å². The van der Waals surface area contributed by atoms with Gasteiger partial charge >= 0.3 is 0 Å². The van der Waals surface area contributed by atoms with Crippen LogP contribution < -0.4 is 5.32 Å². The van der Waals surface area contributed by atoms with Crippen LogP contribution in [0.2, 0.25) is 0 Å². The highest BCUT2D eigenvalue weighted by atomic mass is 32.2. The molecule has 3 aliphatic rings. The molecule has 0 amide bonds. The fourth-order valence-corrected chi connectivity index (χ4v) is 10.9. The third kappa shape index (κ3) is 5.53. The number of rotatable bonds is 8. The van der Waals surface area contributed by atoms with E-state index in [2.05, 4.69) is 46.5 Å². The average molecular weight is 671 g/mol. The summed E-state index contributed by atoms with van der Waals surface area (Å²) in [5.74, 6) is 1.98. The molecule has 0 aromatic carbocycles. The number of anilines is 1. The van der Waals surface area contributed by atoms with Crippen molar-refractivity contribution in [3.63, 3.8) is 0 Å². The number of thiophene rings is 1. The van der Waals surface area contributed by atoms with Crippen molar-refractivity contribution in [3.05, 3.63) is 65.2 Å². The molecule has 0 bridgehead atoms. The molecule has 1 fully saturated rings. The summed E-state index contributed by atoms with van der Waals surface area (Å²) in [5, 5.41) is 13.3. The minimum absolute atomic E-state index is 0.0418. The van der Waals surface area contributed by atoms with Crippen molar-refractivity contribution in [3.8, 4) is 21.9 Å².